The zero-order valence-electron chi connectivity index (χ0n) is 11.6. The Balaban J connectivity index is 2.98. The van der Waals surface area contributed by atoms with Crippen molar-refractivity contribution < 1.29 is 5.11 Å². The lowest BCUT2D eigenvalue weighted by molar-refractivity contribution is 0.0420. The van der Waals surface area contributed by atoms with Crippen molar-refractivity contribution in [2.45, 2.75) is 52.6 Å². The highest BCUT2D eigenvalue weighted by Crippen LogP contribution is 2.40. The van der Waals surface area contributed by atoms with Gasteiger partial charge in [-0.05, 0) is 24.0 Å². The lowest BCUT2D eigenvalue weighted by atomic mass is 9.81. The summed E-state index contributed by atoms with van der Waals surface area (Å²) in [5.74, 6) is 0. The number of rotatable bonds is 4. The van der Waals surface area contributed by atoms with Crippen LogP contribution in [0.3, 0.4) is 0 Å². The summed E-state index contributed by atoms with van der Waals surface area (Å²) in [5, 5.41) is 10.4. The predicted octanol–water partition coefficient (Wildman–Crippen LogP) is 3.45. The van der Waals surface area contributed by atoms with E-state index in [1.165, 1.54) is 4.88 Å². The molecule has 3 heteroatoms. The monoisotopic (exact) mass is 255 g/mol. The highest BCUT2D eigenvalue weighted by atomic mass is 32.1. The van der Waals surface area contributed by atoms with Crippen molar-refractivity contribution in [3.8, 4) is 0 Å². The number of aliphatic hydroxyl groups excluding tert-OH is 1. The topological polar surface area (TPSA) is 46.2 Å². The number of nitrogens with two attached hydrogens (primary N) is 1. The van der Waals surface area contributed by atoms with Gasteiger partial charge in [0.15, 0.2) is 0 Å². The van der Waals surface area contributed by atoms with E-state index in [1.807, 2.05) is 13.0 Å². The maximum Gasteiger partial charge on any atom is 0.0947 e. The number of hydrogen-bond acceptors (Lipinski definition) is 3. The molecule has 98 valence electrons. The molecule has 0 saturated heterocycles. The van der Waals surface area contributed by atoms with E-state index in [9.17, 15) is 5.11 Å². The van der Waals surface area contributed by atoms with Gasteiger partial charge in [-0.2, -0.15) is 0 Å². The largest absolute Gasteiger partial charge is 0.387 e. The third kappa shape index (κ3) is 3.09. The van der Waals surface area contributed by atoms with Gasteiger partial charge in [-0.25, -0.2) is 0 Å². The molecular formula is C14H25NOS. The van der Waals surface area contributed by atoms with Crippen LogP contribution in [0.1, 0.15) is 56.9 Å². The summed E-state index contributed by atoms with van der Waals surface area (Å²) < 4.78 is 0. The van der Waals surface area contributed by atoms with Crippen LogP contribution in [0.5, 0.6) is 0 Å². The van der Waals surface area contributed by atoms with E-state index in [0.717, 1.165) is 11.3 Å². The van der Waals surface area contributed by atoms with Gasteiger partial charge >= 0.3 is 0 Å². The molecular weight excluding hydrogens is 230 g/mol. The second-order valence-corrected chi connectivity index (χ2v) is 7.18. The summed E-state index contributed by atoms with van der Waals surface area (Å²) in [4.78, 5) is 2.34. The molecule has 0 aliphatic heterocycles. The minimum Gasteiger partial charge on any atom is -0.387 e. The van der Waals surface area contributed by atoms with Gasteiger partial charge in [0.25, 0.3) is 0 Å². The first-order valence-electron chi connectivity index (χ1n) is 6.23. The van der Waals surface area contributed by atoms with Gasteiger partial charge in [0.2, 0.25) is 0 Å². The van der Waals surface area contributed by atoms with Gasteiger partial charge in [0.05, 0.1) is 6.10 Å². The maximum atomic E-state index is 10.4. The molecule has 0 aromatic carbocycles. The van der Waals surface area contributed by atoms with Crippen molar-refractivity contribution >= 4 is 11.3 Å². The molecule has 2 atom stereocenters. The van der Waals surface area contributed by atoms with Gasteiger partial charge in [0.1, 0.15) is 0 Å². The van der Waals surface area contributed by atoms with Gasteiger partial charge < -0.3 is 10.8 Å². The molecule has 0 amide bonds. The Kier molecular flexibility index (Phi) is 4.39. The van der Waals surface area contributed by atoms with E-state index in [1.54, 1.807) is 11.3 Å². The van der Waals surface area contributed by atoms with Crippen LogP contribution in [0.2, 0.25) is 0 Å². The first kappa shape index (κ1) is 14.7. The fraction of sp³-hybridized carbons (Fsp3) is 0.714. The Labute approximate surface area is 109 Å². The molecule has 2 unspecified atom stereocenters. The van der Waals surface area contributed by atoms with Gasteiger partial charge in [0, 0.05) is 21.7 Å². The maximum absolute atomic E-state index is 10.4. The Morgan fingerprint density at radius 1 is 1.29 bits per heavy atom. The molecule has 0 spiro atoms. The molecule has 1 aromatic rings. The minimum atomic E-state index is -0.460. The average Bonchev–Trinajstić information content (AvgIpc) is 2.75. The second-order valence-electron chi connectivity index (χ2n) is 6.07. The van der Waals surface area contributed by atoms with Crippen LogP contribution in [0, 0.1) is 5.41 Å². The molecule has 0 fully saturated rings. The van der Waals surface area contributed by atoms with Gasteiger partial charge in [-0.3, -0.25) is 0 Å². The highest BCUT2D eigenvalue weighted by Gasteiger charge is 2.32. The van der Waals surface area contributed by atoms with Crippen LogP contribution >= 0.6 is 11.3 Å². The SMILES string of the molecule is CCC(C)(CN)C(O)c1ccc(C(C)(C)C)s1. The van der Waals surface area contributed by atoms with Crippen molar-refractivity contribution in [2.24, 2.45) is 11.1 Å². The third-order valence-corrected chi connectivity index (χ3v) is 5.13. The fourth-order valence-electron chi connectivity index (χ4n) is 1.70. The smallest absolute Gasteiger partial charge is 0.0947 e. The summed E-state index contributed by atoms with van der Waals surface area (Å²) in [6.45, 7) is 11.2. The molecule has 0 aliphatic rings. The molecule has 1 aromatic heterocycles. The molecule has 2 nitrogen and oxygen atoms in total. The molecule has 0 bridgehead atoms. The molecule has 3 N–H and O–H groups in total. The van der Waals surface area contributed by atoms with Crippen LogP contribution in [0.25, 0.3) is 0 Å². The highest BCUT2D eigenvalue weighted by molar-refractivity contribution is 7.12. The van der Waals surface area contributed by atoms with E-state index >= 15 is 0 Å². The van der Waals surface area contributed by atoms with Crippen molar-refractivity contribution in [2.75, 3.05) is 6.54 Å². The van der Waals surface area contributed by atoms with Crippen molar-refractivity contribution in [1.29, 1.82) is 0 Å². The molecule has 0 aliphatic carbocycles. The van der Waals surface area contributed by atoms with Crippen LogP contribution < -0.4 is 5.73 Å². The standard InChI is InChI=1S/C14H25NOS/c1-6-14(5,9-15)12(16)10-7-8-11(17-10)13(2,3)4/h7-8,12,16H,6,9,15H2,1-5H3. The Bertz CT molecular complexity index is 361. The van der Waals surface area contributed by atoms with Crippen LogP contribution in [0.15, 0.2) is 12.1 Å². The van der Waals surface area contributed by atoms with E-state index in [-0.39, 0.29) is 10.8 Å². The zero-order valence-corrected chi connectivity index (χ0v) is 12.4. The van der Waals surface area contributed by atoms with Crippen LogP contribution in [-0.2, 0) is 5.41 Å². The lowest BCUT2D eigenvalue weighted by Crippen LogP contribution is -2.32. The average molecular weight is 255 g/mol. The lowest BCUT2D eigenvalue weighted by Gasteiger charge is -2.31. The van der Waals surface area contributed by atoms with Crippen molar-refractivity contribution in [3.05, 3.63) is 21.9 Å². The van der Waals surface area contributed by atoms with Crippen molar-refractivity contribution in [3.63, 3.8) is 0 Å². The number of aliphatic hydroxyl groups is 1. The summed E-state index contributed by atoms with van der Waals surface area (Å²) in [6, 6.07) is 4.16. The summed E-state index contributed by atoms with van der Waals surface area (Å²) in [7, 11) is 0. The Morgan fingerprint density at radius 2 is 1.88 bits per heavy atom. The van der Waals surface area contributed by atoms with E-state index in [4.69, 9.17) is 5.73 Å². The summed E-state index contributed by atoms with van der Waals surface area (Å²) in [5.41, 5.74) is 5.72. The fourth-order valence-corrected chi connectivity index (χ4v) is 2.92. The van der Waals surface area contributed by atoms with Crippen LogP contribution in [-0.4, -0.2) is 11.7 Å². The quantitative estimate of drug-likeness (QED) is 0.865. The van der Waals surface area contributed by atoms with E-state index in [2.05, 4.69) is 33.8 Å². The zero-order chi connectivity index (χ0) is 13.3. The Morgan fingerprint density at radius 3 is 2.24 bits per heavy atom. The number of thiophene rings is 1. The minimum absolute atomic E-state index is 0.147. The molecule has 0 radical (unpaired) electrons. The molecule has 17 heavy (non-hydrogen) atoms. The summed E-state index contributed by atoms with van der Waals surface area (Å²) >= 11 is 1.70. The Hall–Kier alpha value is -0.380. The third-order valence-electron chi connectivity index (χ3n) is 3.57. The predicted molar refractivity (Wildman–Crippen MR) is 75.4 cm³/mol. The van der Waals surface area contributed by atoms with E-state index in [0.29, 0.717) is 6.54 Å². The first-order chi connectivity index (χ1) is 7.74. The van der Waals surface area contributed by atoms with Crippen molar-refractivity contribution in [1.82, 2.24) is 0 Å². The number of hydrogen-bond donors (Lipinski definition) is 2. The van der Waals surface area contributed by atoms with Crippen LogP contribution in [0.4, 0.5) is 0 Å². The molecule has 0 saturated carbocycles. The van der Waals surface area contributed by atoms with E-state index < -0.39 is 6.10 Å². The first-order valence-corrected chi connectivity index (χ1v) is 7.04. The second kappa shape index (κ2) is 5.09. The molecule has 1 rings (SSSR count). The molecule has 1 heterocycles. The normalized spacial score (nSPS) is 17.8. The van der Waals surface area contributed by atoms with Gasteiger partial charge in [-0.1, -0.05) is 34.6 Å². The van der Waals surface area contributed by atoms with Gasteiger partial charge in [-0.15, -0.1) is 11.3 Å². The summed E-state index contributed by atoms with van der Waals surface area (Å²) in [6.07, 6.45) is 0.423.